The maximum Gasteiger partial charge on any atom is 0.337 e. The zero-order chi connectivity index (χ0) is 15.6. The van der Waals surface area contributed by atoms with Gasteiger partial charge in [0.1, 0.15) is 11.6 Å². The summed E-state index contributed by atoms with van der Waals surface area (Å²) in [7, 11) is 1.33. The maximum absolute atomic E-state index is 13.6. The number of anilines is 1. The summed E-state index contributed by atoms with van der Waals surface area (Å²) < 4.78 is 26.5. The summed E-state index contributed by atoms with van der Waals surface area (Å²) in [5, 5.41) is 9.10. The second kappa shape index (κ2) is 5.70. The Balaban J connectivity index is 2.42. The molecule has 108 valence electrons. The van der Waals surface area contributed by atoms with Crippen LogP contribution in [0.5, 0.6) is 0 Å². The van der Waals surface area contributed by atoms with E-state index in [4.69, 9.17) is 5.11 Å². The first-order valence-electron chi connectivity index (χ1n) is 5.97. The molecule has 1 amide bonds. The number of rotatable bonds is 3. The molecule has 6 heteroatoms. The zero-order valence-electron chi connectivity index (χ0n) is 11.0. The lowest BCUT2D eigenvalue weighted by molar-refractivity contribution is 0.0697. The van der Waals surface area contributed by atoms with Crippen molar-refractivity contribution in [1.29, 1.82) is 0 Å². The summed E-state index contributed by atoms with van der Waals surface area (Å²) in [6.45, 7) is 0. The van der Waals surface area contributed by atoms with Gasteiger partial charge in [-0.1, -0.05) is 12.1 Å². The van der Waals surface area contributed by atoms with Crippen LogP contribution in [0.3, 0.4) is 0 Å². The molecule has 0 bridgehead atoms. The molecular weight excluding hydrogens is 280 g/mol. The number of amides is 1. The first-order chi connectivity index (χ1) is 9.91. The molecule has 0 heterocycles. The molecule has 0 aliphatic carbocycles. The topological polar surface area (TPSA) is 57.6 Å². The van der Waals surface area contributed by atoms with Crippen molar-refractivity contribution in [3.8, 4) is 0 Å². The molecule has 0 atom stereocenters. The smallest absolute Gasteiger partial charge is 0.337 e. The second-order valence-corrected chi connectivity index (χ2v) is 4.31. The number of aromatic carboxylic acids is 1. The van der Waals surface area contributed by atoms with Gasteiger partial charge in [0.05, 0.1) is 16.8 Å². The van der Waals surface area contributed by atoms with E-state index in [1.807, 2.05) is 0 Å². The van der Waals surface area contributed by atoms with Crippen LogP contribution in [0.1, 0.15) is 20.7 Å². The lowest BCUT2D eigenvalue weighted by atomic mass is 10.1. The van der Waals surface area contributed by atoms with E-state index < -0.39 is 23.5 Å². The van der Waals surface area contributed by atoms with Crippen LogP contribution < -0.4 is 4.90 Å². The van der Waals surface area contributed by atoms with Gasteiger partial charge in [-0.15, -0.1) is 0 Å². The van der Waals surface area contributed by atoms with Crippen LogP contribution >= 0.6 is 0 Å². The maximum atomic E-state index is 13.6. The highest BCUT2D eigenvalue weighted by molar-refractivity contribution is 6.09. The van der Waals surface area contributed by atoms with Crippen LogP contribution in [0.25, 0.3) is 0 Å². The van der Waals surface area contributed by atoms with E-state index in [1.165, 1.54) is 25.2 Å². The first kappa shape index (κ1) is 14.6. The molecule has 2 aromatic carbocycles. The summed E-state index contributed by atoms with van der Waals surface area (Å²) in [6, 6.07) is 8.44. The Morgan fingerprint density at radius 2 is 1.71 bits per heavy atom. The number of halogens is 2. The highest BCUT2D eigenvalue weighted by atomic mass is 19.1. The van der Waals surface area contributed by atoms with Crippen molar-refractivity contribution in [2.24, 2.45) is 0 Å². The van der Waals surface area contributed by atoms with Crippen LogP contribution in [0, 0.1) is 11.6 Å². The largest absolute Gasteiger partial charge is 0.478 e. The van der Waals surface area contributed by atoms with Gasteiger partial charge < -0.3 is 10.0 Å². The number of carboxylic acid groups (broad SMARTS) is 1. The van der Waals surface area contributed by atoms with Gasteiger partial charge in [0.2, 0.25) is 0 Å². The number of para-hydroxylation sites is 1. The molecule has 0 radical (unpaired) electrons. The van der Waals surface area contributed by atoms with Crippen LogP contribution in [-0.4, -0.2) is 24.0 Å². The van der Waals surface area contributed by atoms with E-state index in [1.54, 1.807) is 6.07 Å². The van der Waals surface area contributed by atoms with Crippen molar-refractivity contribution in [1.82, 2.24) is 0 Å². The number of hydrogen-bond donors (Lipinski definition) is 1. The van der Waals surface area contributed by atoms with Gasteiger partial charge >= 0.3 is 5.97 Å². The first-order valence-corrected chi connectivity index (χ1v) is 5.97. The molecule has 0 aliphatic heterocycles. The van der Waals surface area contributed by atoms with Crippen LogP contribution in [0.2, 0.25) is 0 Å². The van der Waals surface area contributed by atoms with Crippen molar-refractivity contribution in [2.45, 2.75) is 0 Å². The molecule has 21 heavy (non-hydrogen) atoms. The van der Waals surface area contributed by atoms with E-state index in [0.717, 1.165) is 17.0 Å². The van der Waals surface area contributed by atoms with Crippen LogP contribution in [0.4, 0.5) is 14.5 Å². The molecule has 0 saturated heterocycles. The Hall–Kier alpha value is -2.76. The van der Waals surface area contributed by atoms with Crippen molar-refractivity contribution in [2.75, 3.05) is 11.9 Å². The Kier molecular flexibility index (Phi) is 3.98. The van der Waals surface area contributed by atoms with Gasteiger partial charge in [-0.3, -0.25) is 4.79 Å². The second-order valence-electron chi connectivity index (χ2n) is 4.31. The fourth-order valence-electron chi connectivity index (χ4n) is 1.90. The van der Waals surface area contributed by atoms with E-state index in [2.05, 4.69) is 0 Å². The molecule has 1 N–H and O–H groups in total. The highest BCUT2D eigenvalue weighted by Crippen LogP contribution is 2.22. The predicted molar refractivity (Wildman–Crippen MR) is 72.5 cm³/mol. The van der Waals surface area contributed by atoms with Gasteiger partial charge in [0.25, 0.3) is 5.91 Å². The van der Waals surface area contributed by atoms with Gasteiger partial charge in [0, 0.05) is 13.1 Å². The number of carboxylic acids is 1. The van der Waals surface area contributed by atoms with Crippen LogP contribution in [0.15, 0.2) is 42.5 Å². The summed E-state index contributed by atoms with van der Waals surface area (Å²) in [5.74, 6) is -3.76. The van der Waals surface area contributed by atoms with Crippen LogP contribution in [-0.2, 0) is 0 Å². The highest BCUT2D eigenvalue weighted by Gasteiger charge is 2.21. The molecule has 0 spiro atoms. The van der Waals surface area contributed by atoms with Gasteiger partial charge in [-0.25, -0.2) is 13.6 Å². The number of carbonyl (C=O) groups excluding carboxylic acids is 1. The fourth-order valence-corrected chi connectivity index (χ4v) is 1.90. The quantitative estimate of drug-likeness (QED) is 0.946. The summed E-state index contributed by atoms with van der Waals surface area (Å²) in [5.41, 5.74) is -0.298. The molecule has 0 unspecified atom stereocenters. The predicted octanol–water partition coefficient (Wildman–Crippen LogP) is 2.94. The normalized spacial score (nSPS) is 10.2. The minimum atomic E-state index is -1.20. The zero-order valence-corrected chi connectivity index (χ0v) is 11.0. The average molecular weight is 291 g/mol. The summed E-state index contributed by atoms with van der Waals surface area (Å²) in [6.07, 6.45) is 0. The molecule has 2 rings (SSSR count). The third kappa shape index (κ3) is 2.89. The third-order valence-electron chi connectivity index (χ3n) is 2.96. The molecule has 0 aliphatic rings. The molecule has 0 fully saturated rings. The van der Waals surface area contributed by atoms with E-state index in [0.29, 0.717) is 6.07 Å². The lowest BCUT2D eigenvalue weighted by Crippen LogP contribution is -2.28. The van der Waals surface area contributed by atoms with E-state index in [-0.39, 0.29) is 16.8 Å². The molecule has 0 saturated carbocycles. The standard InChI is InChI=1S/C15H11F2NO3/c1-18(13-5-3-2-4-11(13)15(20)21)14(19)10-7-6-9(16)8-12(10)17/h2-8H,1H3,(H,20,21). The number of carbonyl (C=O) groups is 2. The molecular formula is C15H11F2NO3. The molecule has 0 aromatic heterocycles. The van der Waals surface area contributed by atoms with E-state index >= 15 is 0 Å². The summed E-state index contributed by atoms with van der Waals surface area (Å²) >= 11 is 0. The Labute approximate surface area is 119 Å². The average Bonchev–Trinajstić information content (AvgIpc) is 2.45. The molecule has 2 aromatic rings. The SMILES string of the molecule is CN(C(=O)c1ccc(F)cc1F)c1ccccc1C(=O)O. The minimum Gasteiger partial charge on any atom is -0.478 e. The fraction of sp³-hybridized carbons (Fsp3) is 0.0667. The number of benzene rings is 2. The Bertz CT molecular complexity index is 716. The Morgan fingerprint density at radius 1 is 1.05 bits per heavy atom. The molecule has 4 nitrogen and oxygen atoms in total. The van der Waals surface area contributed by atoms with Gasteiger partial charge in [-0.2, -0.15) is 0 Å². The van der Waals surface area contributed by atoms with Gasteiger partial charge in [0.15, 0.2) is 0 Å². The lowest BCUT2D eigenvalue weighted by Gasteiger charge is -2.19. The number of nitrogens with zero attached hydrogens (tertiary/aromatic N) is 1. The minimum absolute atomic E-state index is 0.0872. The van der Waals surface area contributed by atoms with Gasteiger partial charge in [-0.05, 0) is 24.3 Å². The van der Waals surface area contributed by atoms with E-state index in [9.17, 15) is 18.4 Å². The monoisotopic (exact) mass is 291 g/mol. The van der Waals surface area contributed by atoms with Crippen molar-refractivity contribution >= 4 is 17.6 Å². The van der Waals surface area contributed by atoms with Crippen molar-refractivity contribution in [3.05, 3.63) is 65.2 Å². The van der Waals surface area contributed by atoms with Crippen molar-refractivity contribution in [3.63, 3.8) is 0 Å². The summed E-state index contributed by atoms with van der Waals surface area (Å²) in [4.78, 5) is 24.4. The van der Waals surface area contributed by atoms with Crippen molar-refractivity contribution < 1.29 is 23.5 Å². The third-order valence-corrected chi connectivity index (χ3v) is 2.96. The Morgan fingerprint density at radius 3 is 2.33 bits per heavy atom. The number of hydrogen-bond acceptors (Lipinski definition) is 2.